The first-order valence-corrected chi connectivity index (χ1v) is 15.3. The maximum absolute atomic E-state index is 12.9. The van der Waals surface area contributed by atoms with Crippen molar-refractivity contribution in [3.05, 3.63) is 29.3 Å². The van der Waals surface area contributed by atoms with Crippen molar-refractivity contribution in [1.29, 1.82) is 0 Å². The van der Waals surface area contributed by atoms with Gasteiger partial charge in [0.1, 0.15) is 0 Å². The molecule has 0 bridgehead atoms. The van der Waals surface area contributed by atoms with Gasteiger partial charge in [-0.05, 0) is 75.5 Å². The molecule has 0 amide bonds. The van der Waals surface area contributed by atoms with E-state index in [9.17, 15) is 8.42 Å². The SMILES string of the molecule is Cc1ccc(C(C)CCCCCCC(C)NC2CCCCC2)cc1S(=O)(=O)NCC1CCCO1. The number of rotatable bonds is 14. The molecule has 1 aliphatic carbocycles. The number of hydrogen-bond acceptors (Lipinski definition) is 4. The summed E-state index contributed by atoms with van der Waals surface area (Å²) in [5, 5.41) is 3.83. The molecule has 194 valence electrons. The summed E-state index contributed by atoms with van der Waals surface area (Å²) >= 11 is 0. The van der Waals surface area contributed by atoms with Gasteiger partial charge in [0.2, 0.25) is 10.0 Å². The summed E-state index contributed by atoms with van der Waals surface area (Å²) in [7, 11) is -3.52. The average Bonchev–Trinajstić information content (AvgIpc) is 3.34. The largest absolute Gasteiger partial charge is 0.377 e. The average molecular weight is 493 g/mol. The quantitative estimate of drug-likeness (QED) is 0.303. The van der Waals surface area contributed by atoms with Crippen LogP contribution in [0.15, 0.2) is 23.1 Å². The highest BCUT2D eigenvalue weighted by Crippen LogP contribution is 2.27. The van der Waals surface area contributed by atoms with Gasteiger partial charge in [-0.1, -0.05) is 64.0 Å². The summed E-state index contributed by atoms with van der Waals surface area (Å²) in [5.41, 5.74) is 1.92. The van der Waals surface area contributed by atoms with Crippen LogP contribution < -0.4 is 10.0 Å². The summed E-state index contributed by atoms with van der Waals surface area (Å²) in [5.74, 6) is 0.361. The van der Waals surface area contributed by atoms with Crippen LogP contribution in [0.3, 0.4) is 0 Å². The van der Waals surface area contributed by atoms with Crippen molar-refractivity contribution >= 4 is 10.0 Å². The first-order valence-electron chi connectivity index (χ1n) is 13.8. The smallest absolute Gasteiger partial charge is 0.240 e. The molecule has 2 aliphatic rings. The topological polar surface area (TPSA) is 67.4 Å². The molecule has 0 radical (unpaired) electrons. The molecular weight excluding hydrogens is 444 g/mol. The van der Waals surface area contributed by atoms with Crippen LogP contribution in [0.25, 0.3) is 0 Å². The van der Waals surface area contributed by atoms with Crippen molar-refractivity contribution in [2.75, 3.05) is 13.2 Å². The number of sulfonamides is 1. The summed E-state index contributed by atoms with van der Waals surface area (Å²) in [4.78, 5) is 0.411. The molecule has 1 saturated carbocycles. The number of hydrogen-bond donors (Lipinski definition) is 2. The molecule has 3 atom stereocenters. The van der Waals surface area contributed by atoms with E-state index >= 15 is 0 Å². The molecular formula is C28H48N2O3S. The molecule has 1 aromatic carbocycles. The van der Waals surface area contributed by atoms with E-state index in [-0.39, 0.29) is 6.10 Å². The molecule has 2 N–H and O–H groups in total. The minimum Gasteiger partial charge on any atom is -0.377 e. The highest BCUT2D eigenvalue weighted by atomic mass is 32.2. The molecule has 1 heterocycles. The van der Waals surface area contributed by atoms with Crippen molar-refractivity contribution in [3.8, 4) is 0 Å². The van der Waals surface area contributed by atoms with Gasteiger partial charge in [0.15, 0.2) is 0 Å². The second kappa shape index (κ2) is 14.0. The van der Waals surface area contributed by atoms with Gasteiger partial charge in [-0.3, -0.25) is 0 Å². The Bertz CT molecular complexity index is 830. The lowest BCUT2D eigenvalue weighted by Gasteiger charge is -2.26. The molecule has 1 saturated heterocycles. The molecule has 1 aromatic rings. The lowest BCUT2D eigenvalue weighted by atomic mass is 9.93. The first kappa shape index (κ1) is 27.6. The standard InChI is InChI=1S/C28H48N2O3S/c1-22(12-7-4-5-8-13-24(3)30-26-14-9-6-10-15-26)25-18-17-23(2)28(20-25)34(31,32)29-21-27-16-11-19-33-27/h17-18,20,22,24,26-27,29-30H,4-16,19,21H2,1-3H3. The minimum atomic E-state index is -3.52. The van der Waals surface area contributed by atoms with Crippen molar-refractivity contribution in [2.24, 2.45) is 0 Å². The van der Waals surface area contributed by atoms with Crippen molar-refractivity contribution in [3.63, 3.8) is 0 Å². The highest BCUT2D eigenvalue weighted by Gasteiger charge is 2.22. The second-order valence-corrected chi connectivity index (χ2v) is 12.5. The zero-order valence-corrected chi connectivity index (χ0v) is 22.6. The van der Waals surface area contributed by atoms with Gasteiger partial charge in [0.25, 0.3) is 0 Å². The zero-order valence-electron chi connectivity index (χ0n) is 21.8. The van der Waals surface area contributed by atoms with Gasteiger partial charge < -0.3 is 10.1 Å². The van der Waals surface area contributed by atoms with Crippen LogP contribution >= 0.6 is 0 Å². The van der Waals surface area contributed by atoms with Crippen LogP contribution in [-0.2, 0) is 14.8 Å². The number of aryl methyl sites for hydroxylation is 1. The van der Waals surface area contributed by atoms with Crippen LogP contribution in [0, 0.1) is 6.92 Å². The van der Waals surface area contributed by atoms with Gasteiger partial charge in [-0.15, -0.1) is 0 Å². The van der Waals surface area contributed by atoms with Gasteiger partial charge >= 0.3 is 0 Å². The summed E-state index contributed by atoms with van der Waals surface area (Å²) in [6, 6.07) is 7.31. The van der Waals surface area contributed by atoms with E-state index in [4.69, 9.17) is 4.74 Å². The lowest BCUT2D eigenvalue weighted by molar-refractivity contribution is 0.114. The number of ether oxygens (including phenoxy) is 1. The second-order valence-electron chi connectivity index (χ2n) is 10.8. The van der Waals surface area contributed by atoms with Crippen LogP contribution in [-0.4, -0.2) is 39.8 Å². The maximum atomic E-state index is 12.9. The number of unbranched alkanes of at least 4 members (excludes halogenated alkanes) is 3. The van der Waals surface area contributed by atoms with Gasteiger partial charge in [0.05, 0.1) is 11.0 Å². The predicted molar refractivity (Wildman–Crippen MR) is 141 cm³/mol. The molecule has 6 heteroatoms. The third-order valence-electron chi connectivity index (χ3n) is 7.75. The third kappa shape index (κ3) is 8.92. The Morgan fingerprint density at radius 2 is 1.71 bits per heavy atom. The third-order valence-corrected chi connectivity index (χ3v) is 9.31. The molecule has 3 unspecified atom stereocenters. The fraction of sp³-hybridized carbons (Fsp3) is 0.786. The normalized spacial score (nSPS) is 21.6. The molecule has 1 aliphatic heterocycles. The number of nitrogens with one attached hydrogen (secondary N) is 2. The molecule has 2 fully saturated rings. The Hall–Kier alpha value is -0.950. The Balaban J connectivity index is 1.37. The van der Waals surface area contributed by atoms with E-state index in [0.717, 1.165) is 43.0 Å². The fourth-order valence-corrected chi connectivity index (χ4v) is 6.82. The van der Waals surface area contributed by atoms with E-state index in [1.54, 1.807) is 0 Å². The highest BCUT2D eigenvalue weighted by molar-refractivity contribution is 7.89. The van der Waals surface area contributed by atoms with E-state index in [2.05, 4.69) is 30.0 Å². The zero-order chi connectivity index (χ0) is 24.4. The first-order chi connectivity index (χ1) is 16.3. The van der Waals surface area contributed by atoms with Gasteiger partial charge in [-0.25, -0.2) is 13.1 Å². The Morgan fingerprint density at radius 1 is 0.971 bits per heavy atom. The summed E-state index contributed by atoms with van der Waals surface area (Å²) in [6.07, 6.45) is 16.2. The van der Waals surface area contributed by atoms with Crippen LogP contribution in [0.4, 0.5) is 0 Å². The maximum Gasteiger partial charge on any atom is 0.240 e. The van der Waals surface area contributed by atoms with Crippen LogP contribution in [0.5, 0.6) is 0 Å². The van der Waals surface area contributed by atoms with E-state index in [0.29, 0.717) is 23.4 Å². The predicted octanol–water partition coefficient (Wildman–Crippen LogP) is 6.21. The minimum absolute atomic E-state index is 0.00298. The molecule has 3 rings (SSSR count). The monoisotopic (exact) mass is 492 g/mol. The fourth-order valence-electron chi connectivity index (χ4n) is 5.47. The Kier molecular flexibility index (Phi) is 11.3. The van der Waals surface area contributed by atoms with Gasteiger partial charge in [0, 0.05) is 25.2 Å². The van der Waals surface area contributed by atoms with Gasteiger partial charge in [-0.2, -0.15) is 0 Å². The lowest BCUT2D eigenvalue weighted by Crippen LogP contribution is -2.37. The van der Waals surface area contributed by atoms with Crippen LogP contribution in [0.1, 0.15) is 114 Å². The molecule has 34 heavy (non-hydrogen) atoms. The summed E-state index contributed by atoms with van der Waals surface area (Å²) in [6.45, 7) is 7.52. The van der Waals surface area contributed by atoms with Crippen LogP contribution in [0.2, 0.25) is 0 Å². The molecule has 0 spiro atoms. The number of benzene rings is 1. The van der Waals surface area contributed by atoms with Crippen molar-refractivity contribution in [2.45, 2.75) is 133 Å². The van der Waals surface area contributed by atoms with Crippen molar-refractivity contribution in [1.82, 2.24) is 10.0 Å². The molecule has 5 nitrogen and oxygen atoms in total. The molecule has 0 aromatic heterocycles. The Morgan fingerprint density at radius 3 is 2.41 bits per heavy atom. The summed E-state index contributed by atoms with van der Waals surface area (Å²) < 4.78 is 34.2. The Labute approximate surface area is 208 Å². The van der Waals surface area contributed by atoms with E-state index in [1.807, 2.05) is 19.1 Å². The van der Waals surface area contributed by atoms with E-state index in [1.165, 1.54) is 64.2 Å². The van der Waals surface area contributed by atoms with E-state index < -0.39 is 10.0 Å². The van der Waals surface area contributed by atoms with Crippen molar-refractivity contribution < 1.29 is 13.2 Å².